The molecule has 5 rings (SSSR count). The summed E-state index contributed by atoms with van der Waals surface area (Å²) in [7, 11) is 5.80. The molecule has 0 unspecified atom stereocenters. The van der Waals surface area contributed by atoms with Crippen LogP contribution in [0.25, 0.3) is 21.1 Å². The molecule has 0 fully saturated rings. The Labute approximate surface area is 162 Å². The largest absolute Gasteiger partial charge is 0.497 e. The molecule has 3 heterocycles. The molecule has 1 aliphatic rings. The van der Waals surface area contributed by atoms with Crippen molar-refractivity contribution >= 4 is 43.3 Å². The van der Waals surface area contributed by atoms with Crippen molar-refractivity contribution in [2.24, 2.45) is 0 Å². The highest BCUT2D eigenvalue weighted by atomic mass is 32.1. The molecule has 0 saturated heterocycles. The summed E-state index contributed by atoms with van der Waals surface area (Å²) in [5.74, 6) is 0.914. The zero-order valence-electron chi connectivity index (χ0n) is 15.7. The summed E-state index contributed by atoms with van der Waals surface area (Å²) in [4.78, 5) is 12.9. The fourth-order valence-electron chi connectivity index (χ4n) is 3.86. The van der Waals surface area contributed by atoms with Crippen molar-refractivity contribution in [3.8, 4) is 5.75 Å². The summed E-state index contributed by atoms with van der Waals surface area (Å²) in [6.45, 7) is 1.90. The second kappa shape index (κ2) is 6.16. The third-order valence-corrected chi connectivity index (χ3v) is 6.49. The summed E-state index contributed by atoms with van der Waals surface area (Å²) >= 11 is 1.73. The monoisotopic (exact) mass is 378 g/mol. The number of hydrogen-bond acceptors (Lipinski definition) is 5. The molecule has 0 atom stereocenters. The van der Waals surface area contributed by atoms with Crippen LogP contribution in [0.4, 0.5) is 10.8 Å². The first-order valence-corrected chi connectivity index (χ1v) is 9.94. The Balaban J connectivity index is 1.49. The molecule has 27 heavy (non-hydrogen) atoms. The van der Waals surface area contributed by atoms with Crippen LogP contribution in [0.15, 0.2) is 36.4 Å². The average molecular weight is 379 g/mol. The zero-order valence-corrected chi connectivity index (χ0v) is 16.6. The van der Waals surface area contributed by atoms with E-state index < -0.39 is 0 Å². The second-order valence-corrected chi connectivity index (χ2v) is 8.22. The first-order chi connectivity index (χ1) is 13.1. The number of benzene rings is 2. The van der Waals surface area contributed by atoms with Crippen LogP contribution in [0.3, 0.4) is 0 Å². The Morgan fingerprint density at radius 3 is 2.89 bits per heavy atom. The van der Waals surface area contributed by atoms with Crippen LogP contribution in [-0.2, 0) is 13.0 Å². The predicted octanol–water partition coefficient (Wildman–Crippen LogP) is 4.41. The van der Waals surface area contributed by atoms with Gasteiger partial charge >= 0.3 is 0 Å². The SMILES string of the molecule is COc1ccc2[nH]c3c(c2c1)CCN(c1ccc2sc(N(C)C)nc2c1)C3. The first kappa shape index (κ1) is 16.4. The van der Waals surface area contributed by atoms with Crippen LogP contribution in [0.1, 0.15) is 11.3 Å². The van der Waals surface area contributed by atoms with Crippen LogP contribution in [0, 0.1) is 0 Å². The first-order valence-electron chi connectivity index (χ1n) is 9.13. The number of methoxy groups -OCH3 is 1. The minimum atomic E-state index is 0.891. The summed E-state index contributed by atoms with van der Waals surface area (Å²) in [6, 6.07) is 12.9. The number of H-pyrrole nitrogens is 1. The van der Waals surface area contributed by atoms with Gasteiger partial charge in [0.25, 0.3) is 0 Å². The Kier molecular flexibility index (Phi) is 3.75. The number of thiazole rings is 1. The minimum absolute atomic E-state index is 0.891. The second-order valence-electron chi connectivity index (χ2n) is 7.21. The van der Waals surface area contributed by atoms with Crippen molar-refractivity contribution in [2.45, 2.75) is 13.0 Å². The number of nitrogens with one attached hydrogen (secondary N) is 1. The van der Waals surface area contributed by atoms with E-state index in [9.17, 15) is 0 Å². The lowest BCUT2D eigenvalue weighted by atomic mass is 10.0. The maximum atomic E-state index is 5.40. The molecule has 0 radical (unpaired) electrons. The van der Waals surface area contributed by atoms with Crippen LogP contribution >= 0.6 is 11.3 Å². The normalized spacial score (nSPS) is 14.0. The zero-order chi connectivity index (χ0) is 18.5. The van der Waals surface area contributed by atoms with E-state index in [-0.39, 0.29) is 0 Å². The number of aromatic amines is 1. The molecule has 0 aliphatic carbocycles. The molecule has 1 N–H and O–H groups in total. The molecule has 138 valence electrons. The van der Waals surface area contributed by atoms with E-state index in [2.05, 4.69) is 45.1 Å². The molecular weight excluding hydrogens is 356 g/mol. The van der Waals surface area contributed by atoms with E-state index in [1.807, 2.05) is 20.2 Å². The summed E-state index contributed by atoms with van der Waals surface area (Å²) in [5, 5.41) is 2.34. The third kappa shape index (κ3) is 2.72. The van der Waals surface area contributed by atoms with Gasteiger partial charge in [0.05, 0.1) is 23.9 Å². The van der Waals surface area contributed by atoms with Crippen LogP contribution in [-0.4, -0.2) is 37.7 Å². The summed E-state index contributed by atoms with van der Waals surface area (Å²) in [6.07, 6.45) is 1.03. The smallest absolute Gasteiger partial charge is 0.185 e. The minimum Gasteiger partial charge on any atom is -0.497 e. The fraction of sp³-hybridized carbons (Fsp3) is 0.286. The maximum absolute atomic E-state index is 5.40. The van der Waals surface area contributed by atoms with Crippen molar-refractivity contribution in [3.63, 3.8) is 0 Å². The van der Waals surface area contributed by atoms with E-state index in [0.29, 0.717) is 0 Å². The van der Waals surface area contributed by atoms with Crippen LogP contribution in [0.2, 0.25) is 0 Å². The van der Waals surface area contributed by atoms with Gasteiger partial charge in [0, 0.05) is 42.9 Å². The van der Waals surface area contributed by atoms with E-state index in [0.717, 1.165) is 35.9 Å². The molecule has 5 nitrogen and oxygen atoms in total. The molecule has 2 aromatic heterocycles. The van der Waals surface area contributed by atoms with Gasteiger partial charge in [-0.1, -0.05) is 11.3 Å². The Morgan fingerprint density at radius 2 is 2.07 bits per heavy atom. The topological polar surface area (TPSA) is 44.4 Å². The molecular formula is C21H22N4OS. The van der Waals surface area contributed by atoms with Gasteiger partial charge in [0.1, 0.15) is 5.75 Å². The van der Waals surface area contributed by atoms with Gasteiger partial charge in [-0.15, -0.1) is 0 Å². The number of nitrogens with zero attached hydrogens (tertiary/aromatic N) is 3. The van der Waals surface area contributed by atoms with Gasteiger partial charge in [-0.05, 0) is 48.4 Å². The molecule has 0 amide bonds. The fourth-order valence-corrected chi connectivity index (χ4v) is 4.73. The van der Waals surface area contributed by atoms with Gasteiger partial charge in [0.15, 0.2) is 5.13 Å². The number of anilines is 2. The average Bonchev–Trinajstić information content (AvgIpc) is 3.27. The number of ether oxygens (including phenoxy) is 1. The van der Waals surface area contributed by atoms with Crippen molar-refractivity contribution < 1.29 is 4.74 Å². The van der Waals surface area contributed by atoms with Crippen molar-refractivity contribution in [1.82, 2.24) is 9.97 Å². The Bertz CT molecular complexity index is 1140. The molecule has 6 heteroatoms. The number of aromatic nitrogens is 2. The van der Waals surface area contributed by atoms with Crippen LogP contribution in [0.5, 0.6) is 5.75 Å². The molecule has 2 aromatic carbocycles. The molecule has 0 saturated carbocycles. The lowest BCUT2D eigenvalue weighted by molar-refractivity contribution is 0.415. The standard InChI is InChI=1S/C21H22N4OS/c1-24(2)21-23-18-10-13(4-7-20(18)27-21)25-9-8-15-16-11-14(26-3)5-6-17(16)22-19(15)12-25/h4-7,10-11,22H,8-9,12H2,1-3H3. The van der Waals surface area contributed by atoms with Gasteiger partial charge in [-0.25, -0.2) is 4.98 Å². The van der Waals surface area contributed by atoms with E-state index in [1.165, 1.54) is 32.5 Å². The van der Waals surface area contributed by atoms with Gasteiger partial charge in [0.2, 0.25) is 0 Å². The lowest BCUT2D eigenvalue weighted by Crippen LogP contribution is -2.30. The highest BCUT2D eigenvalue weighted by molar-refractivity contribution is 7.22. The van der Waals surface area contributed by atoms with Crippen LogP contribution < -0.4 is 14.5 Å². The lowest BCUT2D eigenvalue weighted by Gasteiger charge is -2.29. The number of rotatable bonds is 3. The predicted molar refractivity (Wildman–Crippen MR) is 114 cm³/mol. The maximum Gasteiger partial charge on any atom is 0.185 e. The van der Waals surface area contributed by atoms with E-state index in [4.69, 9.17) is 9.72 Å². The third-order valence-electron chi connectivity index (χ3n) is 5.29. The molecule has 0 spiro atoms. The summed E-state index contributed by atoms with van der Waals surface area (Å²) < 4.78 is 6.63. The van der Waals surface area contributed by atoms with E-state index in [1.54, 1.807) is 18.4 Å². The summed E-state index contributed by atoms with van der Waals surface area (Å²) in [5.41, 5.74) is 6.23. The Morgan fingerprint density at radius 1 is 1.19 bits per heavy atom. The van der Waals surface area contributed by atoms with E-state index >= 15 is 0 Å². The molecule has 4 aromatic rings. The van der Waals surface area contributed by atoms with Gasteiger partial charge in [-0.2, -0.15) is 0 Å². The Hall–Kier alpha value is -2.73. The van der Waals surface area contributed by atoms with Crippen molar-refractivity contribution in [2.75, 3.05) is 37.5 Å². The highest BCUT2D eigenvalue weighted by Gasteiger charge is 2.21. The molecule has 1 aliphatic heterocycles. The quantitative estimate of drug-likeness (QED) is 0.573. The van der Waals surface area contributed by atoms with Gasteiger partial charge in [-0.3, -0.25) is 0 Å². The molecule has 0 bridgehead atoms. The number of fused-ring (bicyclic) bond motifs is 4. The van der Waals surface area contributed by atoms with Crippen molar-refractivity contribution in [1.29, 1.82) is 0 Å². The highest BCUT2D eigenvalue weighted by Crippen LogP contribution is 2.34. The van der Waals surface area contributed by atoms with Gasteiger partial charge < -0.3 is 19.5 Å². The number of hydrogen-bond donors (Lipinski definition) is 1. The van der Waals surface area contributed by atoms with Crippen molar-refractivity contribution in [3.05, 3.63) is 47.7 Å².